The minimum Gasteiger partial charge on any atom is -0.356 e. The van der Waals surface area contributed by atoms with E-state index in [-0.39, 0.29) is 12.3 Å². The second kappa shape index (κ2) is 7.50. The molecule has 0 bridgehead atoms. The Morgan fingerprint density at radius 2 is 2.40 bits per heavy atom. The van der Waals surface area contributed by atoms with Gasteiger partial charge in [-0.05, 0) is 12.5 Å². The Balaban J connectivity index is 4.18. The lowest BCUT2D eigenvalue weighted by atomic mass is 10.2. The second-order valence-electron chi connectivity index (χ2n) is 2.89. The van der Waals surface area contributed by atoms with Crippen LogP contribution in [0.15, 0.2) is 12.2 Å². The van der Waals surface area contributed by atoms with Gasteiger partial charge in [0.25, 0.3) is 0 Å². The highest BCUT2D eigenvalue weighted by Gasteiger charge is 2.20. The number of nitrogens with zero attached hydrogens (tertiary/aromatic N) is 2. The summed E-state index contributed by atoms with van der Waals surface area (Å²) in [5.74, 6) is -0.374. The molecule has 0 radical (unpaired) electrons. The van der Waals surface area contributed by atoms with E-state index in [0.717, 1.165) is 18.6 Å². The maximum absolute atomic E-state index is 11.1. The van der Waals surface area contributed by atoms with Crippen molar-refractivity contribution in [3.05, 3.63) is 22.3 Å². The first kappa shape index (κ1) is 13.1. The molecule has 0 aromatic rings. The Kier molecular flexibility index (Phi) is 6.55. The van der Waals surface area contributed by atoms with Crippen molar-refractivity contribution < 1.29 is 9.72 Å². The molecule has 1 unspecified atom stereocenters. The molecule has 0 aliphatic carbocycles. The lowest BCUT2D eigenvalue weighted by Crippen LogP contribution is -2.30. The predicted octanol–water partition coefficient (Wildman–Crippen LogP) is 0.628. The molecule has 0 fully saturated rings. The zero-order valence-corrected chi connectivity index (χ0v) is 8.47. The zero-order valence-electron chi connectivity index (χ0n) is 8.47. The van der Waals surface area contributed by atoms with E-state index in [9.17, 15) is 14.9 Å². The standard InChI is InChI=1S/C9H13N3O3/c1-2-6-11-9(13)7-8(12(14)15)4-3-5-10/h3-4,8H,2,6-7H2,1H3,(H,11,13)/b4-3-. The first-order valence-corrected chi connectivity index (χ1v) is 4.58. The van der Waals surface area contributed by atoms with E-state index >= 15 is 0 Å². The van der Waals surface area contributed by atoms with Crippen molar-refractivity contribution in [2.45, 2.75) is 25.8 Å². The zero-order chi connectivity index (χ0) is 11.7. The van der Waals surface area contributed by atoms with Crippen molar-refractivity contribution in [1.82, 2.24) is 5.32 Å². The SMILES string of the molecule is CCCNC(=O)CC(/C=C\C#N)[N+](=O)[O-]. The van der Waals surface area contributed by atoms with Gasteiger partial charge in [0.15, 0.2) is 0 Å². The fourth-order valence-electron chi connectivity index (χ4n) is 0.893. The quantitative estimate of drug-likeness (QED) is 0.396. The molecule has 0 saturated heterocycles. The van der Waals surface area contributed by atoms with E-state index in [1.165, 1.54) is 0 Å². The Morgan fingerprint density at radius 1 is 1.73 bits per heavy atom. The molecule has 15 heavy (non-hydrogen) atoms. The number of nitrogens with one attached hydrogen (secondary N) is 1. The molecule has 1 N–H and O–H groups in total. The summed E-state index contributed by atoms with van der Waals surface area (Å²) in [7, 11) is 0. The van der Waals surface area contributed by atoms with Crippen molar-refractivity contribution in [2.75, 3.05) is 6.54 Å². The Bertz CT molecular complexity index is 293. The summed E-state index contributed by atoms with van der Waals surface area (Å²) >= 11 is 0. The fourth-order valence-corrected chi connectivity index (χ4v) is 0.893. The summed E-state index contributed by atoms with van der Waals surface area (Å²) in [5, 5.41) is 21.2. The van der Waals surface area contributed by atoms with Gasteiger partial charge in [-0.2, -0.15) is 5.26 Å². The van der Waals surface area contributed by atoms with Gasteiger partial charge in [0.05, 0.1) is 12.5 Å². The van der Waals surface area contributed by atoms with E-state index in [0.29, 0.717) is 6.54 Å². The van der Waals surface area contributed by atoms with Gasteiger partial charge in [-0.25, -0.2) is 0 Å². The molecule has 0 aliphatic heterocycles. The van der Waals surface area contributed by atoms with Crippen molar-refractivity contribution in [3.8, 4) is 6.07 Å². The van der Waals surface area contributed by atoms with Gasteiger partial charge in [0, 0.05) is 17.5 Å². The third kappa shape index (κ3) is 6.21. The molecule has 6 nitrogen and oxygen atoms in total. The van der Waals surface area contributed by atoms with Crippen LogP contribution in [0.3, 0.4) is 0 Å². The van der Waals surface area contributed by atoms with Crippen LogP contribution >= 0.6 is 0 Å². The van der Waals surface area contributed by atoms with Crippen LogP contribution in [0.2, 0.25) is 0 Å². The molecule has 0 saturated carbocycles. The molecule has 0 rings (SSSR count). The maximum Gasteiger partial charge on any atom is 0.241 e. The van der Waals surface area contributed by atoms with E-state index in [2.05, 4.69) is 5.32 Å². The van der Waals surface area contributed by atoms with Gasteiger partial charge in [-0.1, -0.05) is 6.92 Å². The first-order valence-electron chi connectivity index (χ1n) is 4.58. The lowest BCUT2D eigenvalue weighted by Gasteiger charge is -2.05. The van der Waals surface area contributed by atoms with E-state index in [1.807, 2.05) is 6.92 Å². The number of carbonyl (C=O) groups excluding carboxylic acids is 1. The Morgan fingerprint density at radius 3 is 2.87 bits per heavy atom. The van der Waals surface area contributed by atoms with Crippen molar-refractivity contribution in [2.24, 2.45) is 0 Å². The predicted molar refractivity (Wildman–Crippen MR) is 53.5 cm³/mol. The van der Waals surface area contributed by atoms with Gasteiger partial charge >= 0.3 is 0 Å². The highest BCUT2D eigenvalue weighted by atomic mass is 16.6. The van der Waals surface area contributed by atoms with Gasteiger partial charge in [0.1, 0.15) is 0 Å². The Hall–Kier alpha value is -1.90. The monoisotopic (exact) mass is 211 g/mol. The summed E-state index contributed by atoms with van der Waals surface area (Å²) in [6, 6.07) is 0.529. The summed E-state index contributed by atoms with van der Waals surface area (Å²) < 4.78 is 0. The number of nitro groups is 1. The molecular weight excluding hydrogens is 198 g/mol. The normalized spacial score (nSPS) is 12.0. The molecule has 0 aromatic carbocycles. The van der Waals surface area contributed by atoms with Crippen LogP contribution < -0.4 is 5.32 Å². The van der Waals surface area contributed by atoms with Crippen LogP contribution in [0, 0.1) is 21.4 Å². The summed E-state index contributed by atoms with van der Waals surface area (Å²) in [6.45, 7) is 2.39. The van der Waals surface area contributed by atoms with E-state index < -0.39 is 11.0 Å². The van der Waals surface area contributed by atoms with Gasteiger partial charge in [-0.3, -0.25) is 14.9 Å². The van der Waals surface area contributed by atoms with Crippen molar-refractivity contribution in [3.63, 3.8) is 0 Å². The summed E-state index contributed by atoms with van der Waals surface area (Å²) in [5.41, 5.74) is 0. The number of nitriles is 1. The molecular formula is C9H13N3O3. The highest BCUT2D eigenvalue weighted by molar-refractivity contribution is 5.76. The smallest absolute Gasteiger partial charge is 0.241 e. The second-order valence-corrected chi connectivity index (χ2v) is 2.89. The molecule has 6 heteroatoms. The van der Waals surface area contributed by atoms with Gasteiger partial charge < -0.3 is 5.32 Å². The topological polar surface area (TPSA) is 96.0 Å². The minimum atomic E-state index is -1.12. The number of amides is 1. The van der Waals surface area contributed by atoms with E-state index in [4.69, 9.17) is 5.26 Å². The molecule has 0 spiro atoms. The van der Waals surface area contributed by atoms with Crippen LogP contribution in [-0.2, 0) is 4.79 Å². The highest BCUT2D eigenvalue weighted by Crippen LogP contribution is 1.99. The van der Waals surface area contributed by atoms with Crippen LogP contribution in [-0.4, -0.2) is 23.4 Å². The average molecular weight is 211 g/mol. The van der Waals surface area contributed by atoms with Gasteiger partial charge in [-0.15, -0.1) is 0 Å². The van der Waals surface area contributed by atoms with Crippen LogP contribution in [0.4, 0.5) is 0 Å². The molecule has 0 aromatic heterocycles. The number of hydrogen-bond donors (Lipinski definition) is 1. The summed E-state index contributed by atoms with van der Waals surface area (Å²) in [6.07, 6.45) is 2.68. The number of allylic oxidation sites excluding steroid dienone is 1. The fraction of sp³-hybridized carbons (Fsp3) is 0.556. The summed E-state index contributed by atoms with van der Waals surface area (Å²) in [4.78, 5) is 21.0. The van der Waals surface area contributed by atoms with Crippen molar-refractivity contribution >= 4 is 5.91 Å². The average Bonchev–Trinajstić information content (AvgIpc) is 2.20. The van der Waals surface area contributed by atoms with Crippen LogP contribution in [0.25, 0.3) is 0 Å². The molecule has 1 atom stereocenters. The van der Waals surface area contributed by atoms with Crippen molar-refractivity contribution in [1.29, 1.82) is 5.26 Å². The Labute approximate surface area is 87.7 Å². The molecule has 1 amide bonds. The molecule has 0 heterocycles. The third-order valence-corrected chi connectivity index (χ3v) is 1.63. The van der Waals surface area contributed by atoms with E-state index in [1.54, 1.807) is 6.07 Å². The van der Waals surface area contributed by atoms with Crippen LogP contribution in [0.5, 0.6) is 0 Å². The van der Waals surface area contributed by atoms with Crippen LogP contribution in [0.1, 0.15) is 19.8 Å². The maximum atomic E-state index is 11.1. The number of carbonyl (C=O) groups is 1. The third-order valence-electron chi connectivity index (χ3n) is 1.63. The first-order chi connectivity index (χ1) is 7.11. The lowest BCUT2D eigenvalue weighted by molar-refractivity contribution is -0.508. The van der Waals surface area contributed by atoms with Gasteiger partial charge in [0.2, 0.25) is 11.9 Å². The largest absolute Gasteiger partial charge is 0.356 e. The molecule has 0 aliphatic rings. The minimum absolute atomic E-state index is 0.231. The number of rotatable bonds is 6. The molecule has 82 valence electrons. The number of hydrogen-bond acceptors (Lipinski definition) is 4.